The molecule has 0 radical (unpaired) electrons. The lowest BCUT2D eigenvalue weighted by atomic mass is 9.91. The summed E-state index contributed by atoms with van der Waals surface area (Å²) < 4.78 is 0. The molecule has 2 rings (SSSR count). The number of nitrogens with one attached hydrogen (secondary N) is 1. The number of carbonyl (C=O) groups is 1. The molecular weight excluding hydrogens is 288 g/mol. The average molecular weight is 318 g/mol. The first-order valence-electron chi connectivity index (χ1n) is 8.58. The molecule has 1 aromatic rings. The summed E-state index contributed by atoms with van der Waals surface area (Å²) in [5, 5.41) is 13.2. The summed E-state index contributed by atoms with van der Waals surface area (Å²) in [5.74, 6) is 0.262. The predicted molar refractivity (Wildman–Crippen MR) is 93.1 cm³/mol. The first kappa shape index (κ1) is 18.0. The van der Waals surface area contributed by atoms with Gasteiger partial charge in [0.2, 0.25) is 5.91 Å². The van der Waals surface area contributed by atoms with E-state index in [1.165, 1.54) is 0 Å². The summed E-state index contributed by atoms with van der Waals surface area (Å²) in [6, 6.07) is 10.4. The van der Waals surface area contributed by atoms with Gasteiger partial charge in [0.15, 0.2) is 0 Å². The minimum absolute atomic E-state index is 0.0296. The van der Waals surface area contributed by atoms with Crippen LogP contribution in [0.4, 0.5) is 0 Å². The van der Waals surface area contributed by atoms with E-state index in [9.17, 15) is 9.90 Å². The molecule has 2 N–H and O–H groups in total. The SMILES string of the molecule is CC(C)(C)CC(=O)N1CCC(N[C@@H](CO)c2ccccc2)CC1. The van der Waals surface area contributed by atoms with Crippen LogP contribution in [0.5, 0.6) is 0 Å². The molecule has 1 aliphatic heterocycles. The Balaban J connectivity index is 1.83. The van der Waals surface area contributed by atoms with Gasteiger partial charge in [-0.1, -0.05) is 51.1 Å². The van der Waals surface area contributed by atoms with Crippen molar-refractivity contribution in [2.24, 2.45) is 5.41 Å². The Kier molecular flexibility index (Phi) is 6.19. The van der Waals surface area contributed by atoms with Gasteiger partial charge >= 0.3 is 0 Å². The maximum Gasteiger partial charge on any atom is 0.223 e. The molecule has 1 amide bonds. The fourth-order valence-corrected chi connectivity index (χ4v) is 3.09. The Hall–Kier alpha value is -1.39. The van der Waals surface area contributed by atoms with Crippen LogP contribution < -0.4 is 5.32 Å². The van der Waals surface area contributed by atoms with Gasteiger partial charge in [0.05, 0.1) is 12.6 Å². The van der Waals surface area contributed by atoms with Gasteiger partial charge in [-0.3, -0.25) is 4.79 Å². The van der Waals surface area contributed by atoms with Gasteiger partial charge in [0.1, 0.15) is 0 Å². The standard InChI is InChI=1S/C19H30N2O2/c1-19(2,3)13-18(23)21-11-9-16(10-12-21)20-17(14-22)15-7-5-4-6-8-15/h4-8,16-17,20,22H,9-14H2,1-3H3/t17-/m0/s1. The highest BCUT2D eigenvalue weighted by Crippen LogP contribution is 2.22. The van der Waals surface area contributed by atoms with Gasteiger partial charge in [0, 0.05) is 25.6 Å². The van der Waals surface area contributed by atoms with Crippen LogP contribution in [0.25, 0.3) is 0 Å². The third-order valence-corrected chi connectivity index (χ3v) is 4.35. The van der Waals surface area contributed by atoms with Crippen molar-refractivity contribution in [3.8, 4) is 0 Å². The van der Waals surface area contributed by atoms with E-state index in [-0.39, 0.29) is 24.0 Å². The quantitative estimate of drug-likeness (QED) is 0.878. The fraction of sp³-hybridized carbons (Fsp3) is 0.632. The zero-order valence-electron chi connectivity index (χ0n) is 14.6. The molecule has 0 bridgehead atoms. The maximum absolute atomic E-state index is 12.3. The number of amides is 1. The number of likely N-dealkylation sites (tertiary alicyclic amines) is 1. The highest BCUT2D eigenvalue weighted by atomic mass is 16.3. The van der Waals surface area contributed by atoms with E-state index in [1.54, 1.807) is 0 Å². The zero-order valence-corrected chi connectivity index (χ0v) is 14.6. The summed E-state index contributed by atoms with van der Waals surface area (Å²) >= 11 is 0. The second-order valence-corrected chi connectivity index (χ2v) is 7.71. The smallest absolute Gasteiger partial charge is 0.223 e. The minimum atomic E-state index is -0.0296. The Labute approximate surface area is 139 Å². The molecule has 1 fully saturated rings. The molecule has 1 aliphatic rings. The number of rotatable bonds is 5. The first-order valence-corrected chi connectivity index (χ1v) is 8.58. The summed E-state index contributed by atoms with van der Waals surface area (Å²) in [6.07, 6.45) is 2.49. The highest BCUT2D eigenvalue weighted by molar-refractivity contribution is 5.76. The second kappa shape index (κ2) is 7.93. The van der Waals surface area contributed by atoms with Gasteiger partial charge in [-0.25, -0.2) is 0 Å². The minimum Gasteiger partial charge on any atom is -0.394 e. The molecule has 4 heteroatoms. The molecule has 0 unspecified atom stereocenters. The van der Waals surface area contributed by atoms with Crippen molar-refractivity contribution in [1.29, 1.82) is 0 Å². The predicted octanol–water partition coefficient (Wildman–Crippen LogP) is 2.74. The Bertz CT molecular complexity index is 488. The van der Waals surface area contributed by atoms with E-state index in [4.69, 9.17) is 0 Å². The summed E-state index contributed by atoms with van der Waals surface area (Å²) in [7, 11) is 0. The Morgan fingerprint density at radius 1 is 1.26 bits per heavy atom. The third-order valence-electron chi connectivity index (χ3n) is 4.35. The number of carbonyl (C=O) groups excluding carboxylic acids is 1. The van der Waals surface area contributed by atoms with Gasteiger partial charge in [-0.15, -0.1) is 0 Å². The normalized spacial score (nSPS) is 18.0. The molecule has 128 valence electrons. The van der Waals surface area contributed by atoms with Crippen LogP contribution in [0.3, 0.4) is 0 Å². The highest BCUT2D eigenvalue weighted by Gasteiger charge is 2.27. The third kappa shape index (κ3) is 5.63. The summed E-state index contributed by atoms with van der Waals surface area (Å²) in [6.45, 7) is 8.01. The molecule has 4 nitrogen and oxygen atoms in total. The van der Waals surface area contributed by atoms with Crippen LogP contribution in [0.15, 0.2) is 30.3 Å². The molecule has 1 aromatic carbocycles. The van der Waals surface area contributed by atoms with Crippen LogP contribution in [0.2, 0.25) is 0 Å². The largest absolute Gasteiger partial charge is 0.394 e. The van der Waals surface area contributed by atoms with Crippen LogP contribution in [-0.4, -0.2) is 41.7 Å². The van der Waals surface area contributed by atoms with Crippen molar-refractivity contribution in [2.45, 2.75) is 52.1 Å². The van der Waals surface area contributed by atoms with Gasteiger partial charge in [-0.2, -0.15) is 0 Å². The molecule has 1 heterocycles. The van der Waals surface area contributed by atoms with Crippen LogP contribution in [0, 0.1) is 5.41 Å². The second-order valence-electron chi connectivity index (χ2n) is 7.71. The van der Waals surface area contributed by atoms with Crippen molar-refractivity contribution in [3.63, 3.8) is 0 Å². The zero-order chi connectivity index (χ0) is 16.9. The lowest BCUT2D eigenvalue weighted by Crippen LogP contribution is -2.46. The number of aliphatic hydroxyl groups is 1. The number of hydrogen-bond acceptors (Lipinski definition) is 3. The van der Waals surface area contributed by atoms with Crippen molar-refractivity contribution >= 4 is 5.91 Å². The molecular formula is C19H30N2O2. The van der Waals surface area contributed by atoms with E-state index in [1.807, 2.05) is 35.2 Å². The van der Waals surface area contributed by atoms with E-state index in [2.05, 4.69) is 26.1 Å². The van der Waals surface area contributed by atoms with Crippen LogP contribution >= 0.6 is 0 Å². The molecule has 1 saturated heterocycles. The van der Waals surface area contributed by atoms with E-state index in [0.29, 0.717) is 12.5 Å². The number of benzene rings is 1. The van der Waals surface area contributed by atoms with E-state index >= 15 is 0 Å². The van der Waals surface area contributed by atoms with Gasteiger partial charge in [0.25, 0.3) is 0 Å². The van der Waals surface area contributed by atoms with Crippen LogP contribution in [0.1, 0.15) is 51.6 Å². The van der Waals surface area contributed by atoms with E-state index in [0.717, 1.165) is 31.5 Å². The van der Waals surface area contributed by atoms with Crippen molar-refractivity contribution < 1.29 is 9.90 Å². The lowest BCUT2D eigenvalue weighted by molar-refractivity contribution is -0.134. The maximum atomic E-state index is 12.3. The monoisotopic (exact) mass is 318 g/mol. The average Bonchev–Trinajstić information content (AvgIpc) is 2.52. The van der Waals surface area contributed by atoms with Crippen molar-refractivity contribution in [3.05, 3.63) is 35.9 Å². The molecule has 0 saturated carbocycles. The molecule has 0 spiro atoms. The number of nitrogens with zero attached hydrogens (tertiary/aromatic N) is 1. The topological polar surface area (TPSA) is 52.6 Å². The lowest BCUT2D eigenvalue weighted by Gasteiger charge is -2.35. The van der Waals surface area contributed by atoms with Gasteiger partial charge in [-0.05, 0) is 23.8 Å². The van der Waals surface area contributed by atoms with Crippen LogP contribution in [-0.2, 0) is 4.79 Å². The number of aliphatic hydroxyl groups excluding tert-OH is 1. The van der Waals surface area contributed by atoms with E-state index < -0.39 is 0 Å². The molecule has 0 aliphatic carbocycles. The molecule has 0 aromatic heterocycles. The van der Waals surface area contributed by atoms with Crippen molar-refractivity contribution in [2.75, 3.05) is 19.7 Å². The first-order chi connectivity index (χ1) is 10.9. The molecule has 23 heavy (non-hydrogen) atoms. The summed E-state index contributed by atoms with van der Waals surface area (Å²) in [5.41, 5.74) is 1.16. The molecule has 1 atom stereocenters. The fourth-order valence-electron chi connectivity index (χ4n) is 3.09. The van der Waals surface area contributed by atoms with Gasteiger partial charge < -0.3 is 15.3 Å². The number of hydrogen-bond donors (Lipinski definition) is 2. The Morgan fingerprint density at radius 2 is 1.87 bits per heavy atom. The summed E-state index contributed by atoms with van der Waals surface area (Å²) in [4.78, 5) is 14.3. The Morgan fingerprint density at radius 3 is 2.39 bits per heavy atom. The van der Waals surface area contributed by atoms with Crippen molar-refractivity contribution in [1.82, 2.24) is 10.2 Å². The number of piperidine rings is 1.